The van der Waals surface area contributed by atoms with Crippen LogP contribution in [-0.4, -0.2) is 6.54 Å². The molecule has 2 unspecified atom stereocenters. The van der Waals surface area contributed by atoms with Gasteiger partial charge in [0.1, 0.15) is 0 Å². The molecule has 0 aliphatic rings. The summed E-state index contributed by atoms with van der Waals surface area (Å²) in [4.78, 5) is 0. The quantitative estimate of drug-likeness (QED) is 0.754. The third-order valence-electron chi connectivity index (χ3n) is 2.60. The summed E-state index contributed by atoms with van der Waals surface area (Å²) in [6.45, 7) is 7.93. The number of rotatable bonds is 6. The normalized spacial score (nSPS) is 15.4. The Hall–Kier alpha value is -0.340. The molecule has 0 aliphatic heterocycles. The zero-order chi connectivity index (χ0) is 10.4. The average Bonchev–Trinajstić information content (AvgIpc) is 2.67. The minimum Gasteiger partial charge on any atom is -0.310 e. The van der Waals surface area contributed by atoms with Crippen LogP contribution in [0.15, 0.2) is 16.8 Å². The summed E-state index contributed by atoms with van der Waals surface area (Å²) in [6.07, 6.45) is 2.61. The second-order valence-electron chi connectivity index (χ2n) is 4.08. The maximum absolute atomic E-state index is 3.58. The second kappa shape index (κ2) is 6.20. The SMILES string of the molecule is CCCC(C)CNC(C)c1ccsc1. The summed E-state index contributed by atoms with van der Waals surface area (Å²) in [5.74, 6) is 0.793. The Morgan fingerprint density at radius 1 is 1.43 bits per heavy atom. The Morgan fingerprint density at radius 3 is 2.79 bits per heavy atom. The van der Waals surface area contributed by atoms with E-state index in [9.17, 15) is 0 Å². The first kappa shape index (κ1) is 11.7. The minimum atomic E-state index is 0.501. The Bertz CT molecular complexity index is 230. The van der Waals surface area contributed by atoms with Crippen LogP contribution in [-0.2, 0) is 0 Å². The van der Waals surface area contributed by atoms with Gasteiger partial charge in [-0.2, -0.15) is 11.3 Å². The van der Waals surface area contributed by atoms with Crippen molar-refractivity contribution in [2.75, 3.05) is 6.54 Å². The molecule has 14 heavy (non-hydrogen) atoms. The zero-order valence-electron chi connectivity index (χ0n) is 9.42. The van der Waals surface area contributed by atoms with Crippen molar-refractivity contribution in [2.24, 2.45) is 5.92 Å². The monoisotopic (exact) mass is 211 g/mol. The molecule has 1 aromatic rings. The second-order valence-corrected chi connectivity index (χ2v) is 4.86. The molecule has 0 fully saturated rings. The molecule has 2 heteroatoms. The fourth-order valence-corrected chi connectivity index (χ4v) is 2.37. The van der Waals surface area contributed by atoms with Crippen LogP contribution in [0, 0.1) is 5.92 Å². The van der Waals surface area contributed by atoms with Gasteiger partial charge in [0.05, 0.1) is 0 Å². The lowest BCUT2D eigenvalue weighted by molar-refractivity contribution is 0.444. The molecular weight excluding hydrogens is 190 g/mol. The highest BCUT2D eigenvalue weighted by Crippen LogP contribution is 2.16. The number of nitrogens with one attached hydrogen (secondary N) is 1. The van der Waals surface area contributed by atoms with Gasteiger partial charge in [0, 0.05) is 6.04 Å². The van der Waals surface area contributed by atoms with Gasteiger partial charge in [0.15, 0.2) is 0 Å². The Morgan fingerprint density at radius 2 is 2.21 bits per heavy atom. The van der Waals surface area contributed by atoms with Crippen LogP contribution in [0.1, 0.15) is 45.2 Å². The van der Waals surface area contributed by atoms with Crippen LogP contribution in [0.25, 0.3) is 0 Å². The molecule has 0 saturated heterocycles. The molecule has 1 heterocycles. The lowest BCUT2D eigenvalue weighted by Crippen LogP contribution is -2.24. The van der Waals surface area contributed by atoms with Gasteiger partial charge in [-0.25, -0.2) is 0 Å². The van der Waals surface area contributed by atoms with Gasteiger partial charge in [-0.05, 0) is 48.2 Å². The predicted molar refractivity (Wildman–Crippen MR) is 64.8 cm³/mol. The van der Waals surface area contributed by atoms with Crippen LogP contribution >= 0.6 is 11.3 Å². The van der Waals surface area contributed by atoms with Crippen molar-refractivity contribution in [2.45, 2.75) is 39.7 Å². The molecule has 0 bridgehead atoms. The number of hydrogen-bond acceptors (Lipinski definition) is 2. The van der Waals surface area contributed by atoms with Crippen molar-refractivity contribution in [1.29, 1.82) is 0 Å². The lowest BCUT2D eigenvalue weighted by Gasteiger charge is -2.16. The maximum Gasteiger partial charge on any atom is 0.0300 e. The van der Waals surface area contributed by atoms with Crippen LogP contribution in [0.4, 0.5) is 0 Å². The number of hydrogen-bond donors (Lipinski definition) is 1. The van der Waals surface area contributed by atoms with E-state index in [2.05, 4.69) is 42.9 Å². The van der Waals surface area contributed by atoms with E-state index in [1.54, 1.807) is 11.3 Å². The molecule has 2 atom stereocenters. The maximum atomic E-state index is 3.58. The average molecular weight is 211 g/mol. The summed E-state index contributed by atoms with van der Waals surface area (Å²) in [7, 11) is 0. The van der Waals surface area contributed by atoms with Crippen molar-refractivity contribution in [3.63, 3.8) is 0 Å². The van der Waals surface area contributed by atoms with E-state index in [1.807, 2.05) is 0 Å². The van der Waals surface area contributed by atoms with Gasteiger partial charge in [-0.1, -0.05) is 20.3 Å². The Kier molecular flexibility index (Phi) is 5.20. The first-order valence-electron chi connectivity index (χ1n) is 5.49. The summed E-state index contributed by atoms with van der Waals surface area (Å²) in [5, 5.41) is 7.94. The summed E-state index contributed by atoms with van der Waals surface area (Å²) in [5.41, 5.74) is 1.42. The highest BCUT2D eigenvalue weighted by Gasteiger charge is 2.06. The molecule has 1 nitrogen and oxygen atoms in total. The third kappa shape index (κ3) is 3.81. The lowest BCUT2D eigenvalue weighted by atomic mass is 10.1. The van der Waals surface area contributed by atoms with Crippen molar-refractivity contribution < 1.29 is 0 Å². The molecule has 1 N–H and O–H groups in total. The third-order valence-corrected chi connectivity index (χ3v) is 3.30. The molecule has 0 amide bonds. The van der Waals surface area contributed by atoms with Crippen molar-refractivity contribution in [3.8, 4) is 0 Å². The van der Waals surface area contributed by atoms with Gasteiger partial charge < -0.3 is 5.32 Å². The molecule has 0 spiro atoms. The van der Waals surface area contributed by atoms with Crippen LogP contribution < -0.4 is 5.32 Å². The van der Waals surface area contributed by atoms with Gasteiger partial charge in [0.25, 0.3) is 0 Å². The molecule has 80 valence electrons. The van der Waals surface area contributed by atoms with E-state index < -0.39 is 0 Å². The predicted octanol–water partition coefficient (Wildman–Crippen LogP) is 3.83. The van der Waals surface area contributed by atoms with Crippen LogP contribution in [0.2, 0.25) is 0 Å². The van der Waals surface area contributed by atoms with E-state index >= 15 is 0 Å². The van der Waals surface area contributed by atoms with Crippen molar-refractivity contribution >= 4 is 11.3 Å². The first-order valence-corrected chi connectivity index (χ1v) is 6.43. The van der Waals surface area contributed by atoms with E-state index in [0.29, 0.717) is 6.04 Å². The Labute approximate surface area is 91.5 Å². The fourth-order valence-electron chi connectivity index (χ4n) is 1.61. The van der Waals surface area contributed by atoms with Crippen LogP contribution in [0.5, 0.6) is 0 Å². The Balaban J connectivity index is 2.24. The smallest absolute Gasteiger partial charge is 0.0300 e. The minimum absolute atomic E-state index is 0.501. The van der Waals surface area contributed by atoms with Gasteiger partial charge in [0.2, 0.25) is 0 Å². The van der Waals surface area contributed by atoms with Crippen molar-refractivity contribution in [1.82, 2.24) is 5.32 Å². The standard InChI is InChI=1S/C12H21NS/c1-4-5-10(2)8-13-11(3)12-6-7-14-9-12/h6-7,9-11,13H,4-5,8H2,1-3H3. The topological polar surface area (TPSA) is 12.0 Å². The van der Waals surface area contributed by atoms with Gasteiger partial charge >= 0.3 is 0 Å². The molecule has 1 rings (SSSR count). The molecule has 1 aromatic heterocycles. The fraction of sp³-hybridized carbons (Fsp3) is 0.667. The highest BCUT2D eigenvalue weighted by molar-refractivity contribution is 7.07. The summed E-state index contributed by atoms with van der Waals surface area (Å²) >= 11 is 1.77. The highest BCUT2D eigenvalue weighted by atomic mass is 32.1. The molecular formula is C12H21NS. The first-order chi connectivity index (χ1) is 6.74. The van der Waals surface area contributed by atoms with E-state index in [0.717, 1.165) is 12.5 Å². The van der Waals surface area contributed by atoms with Gasteiger partial charge in [-0.3, -0.25) is 0 Å². The van der Waals surface area contributed by atoms with Crippen molar-refractivity contribution in [3.05, 3.63) is 22.4 Å². The molecule has 0 radical (unpaired) electrons. The van der Waals surface area contributed by atoms with Crippen LogP contribution in [0.3, 0.4) is 0 Å². The van der Waals surface area contributed by atoms with E-state index in [-0.39, 0.29) is 0 Å². The van der Waals surface area contributed by atoms with E-state index in [1.165, 1.54) is 18.4 Å². The van der Waals surface area contributed by atoms with Gasteiger partial charge in [-0.15, -0.1) is 0 Å². The summed E-state index contributed by atoms with van der Waals surface area (Å²) in [6, 6.07) is 2.70. The molecule has 0 aromatic carbocycles. The number of thiophene rings is 1. The van der Waals surface area contributed by atoms with E-state index in [4.69, 9.17) is 0 Å². The molecule has 0 aliphatic carbocycles. The summed E-state index contributed by atoms with van der Waals surface area (Å²) < 4.78 is 0. The largest absolute Gasteiger partial charge is 0.310 e. The zero-order valence-corrected chi connectivity index (χ0v) is 10.2. The molecule has 0 saturated carbocycles.